The highest BCUT2D eigenvalue weighted by molar-refractivity contribution is 5.81. The molecular weight excluding hydrogens is 184 g/mol. The maximum absolute atomic E-state index is 11.1. The van der Waals surface area contributed by atoms with Gasteiger partial charge in [0.15, 0.2) is 0 Å². The number of carbonyl (C=O) groups is 3. The predicted molar refractivity (Wildman–Crippen MR) is 50.8 cm³/mol. The second-order valence-electron chi connectivity index (χ2n) is 3.36. The SMILES string of the molecule is CC(=O)CC(O)CC(=O)CCCC=O. The molecule has 0 saturated heterocycles. The van der Waals surface area contributed by atoms with Crippen molar-refractivity contribution in [3.8, 4) is 0 Å². The molecule has 0 aromatic carbocycles. The van der Waals surface area contributed by atoms with Gasteiger partial charge in [-0.1, -0.05) is 0 Å². The van der Waals surface area contributed by atoms with Crippen LogP contribution in [-0.4, -0.2) is 29.1 Å². The van der Waals surface area contributed by atoms with Crippen LogP contribution in [0.3, 0.4) is 0 Å². The fraction of sp³-hybridized carbons (Fsp3) is 0.700. The van der Waals surface area contributed by atoms with Gasteiger partial charge in [0.1, 0.15) is 17.9 Å². The molecule has 0 aliphatic rings. The Hall–Kier alpha value is -1.03. The number of unbranched alkanes of at least 4 members (excludes halogenated alkanes) is 1. The molecule has 0 heterocycles. The molecule has 4 nitrogen and oxygen atoms in total. The monoisotopic (exact) mass is 200 g/mol. The van der Waals surface area contributed by atoms with E-state index < -0.39 is 6.10 Å². The van der Waals surface area contributed by atoms with E-state index in [0.29, 0.717) is 19.3 Å². The van der Waals surface area contributed by atoms with E-state index in [2.05, 4.69) is 0 Å². The molecule has 0 spiro atoms. The van der Waals surface area contributed by atoms with Gasteiger partial charge in [-0.2, -0.15) is 0 Å². The van der Waals surface area contributed by atoms with Gasteiger partial charge in [-0.25, -0.2) is 0 Å². The van der Waals surface area contributed by atoms with Crippen LogP contribution in [0.5, 0.6) is 0 Å². The fourth-order valence-corrected chi connectivity index (χ4v) is 1.15. The summed E-state index contributed by atoms with van der Waals surface area (Å²) in [4.78, 5) is 31.6. The molecule has 0 saturated carbocycles. The number of carbonyl (C=O) groups excluding carboxylic acids is 3. The minimum atomic E-state index is -0.865. The molecule has 0 rings (SSSR count). The molecule has 0 aromatic heterocycles. The summed E-state index contributed by atoms with van der Waals surface area (Å²) in [6, 6.07) is 0. The van der Waals surface area contributed by atoms with Gasteiger partial charge >= 0.3 is 0 Å². The number of hydrogen-bond acceptors (Lipinski definition) is 4. The Morgan fingerprint density at radius 3 is 2.50 bits per heavy atom. The maximum atomic E-state index is 11.1. The lowest BCUT2D eigenvalue weighted by atomic mass is 10.0. The van der Waals surface area contributed by atoms with Gasteiger partial charge in [0.05, 0.1) is 6.10 Å². The van der Waals surface area contributed by atoms with E-state index in [0.717, 1.165) is 6.29 Å². The normalized spacial score (nSPS) is 12.1. The third-order valence-corrected chi connectivity index (χ3v) is 1.76. The Balaban J connectivity index is 3.60. The van der Waals surface area contributed by atoms with Crippen molar-refractivity contribution in [3.05, 3.63) is 0 Å². The van der Waals surface area contributed by atoms with Gasteiger partial charge in [0, 0.05) is 25.7 Å². The van der Waals surface area contributed by atoms with Crippen molar-refractivity contribution in [1.29, 1.82) is 0 Å². The average molecular weight is 200 g/mol. The second-order valence-corrected chi connectivity index (χ2v) is 3.36. The summed E-state index contributed by atoms with van der Waals surface area (Å²) in [5, 5.41) is 9.24. The zero-order valence-electron chi connectivity index (χ0n) is 8.36. The Kier molecular flexibility index (Phi) is 6.84. The van der Waals surface area contributed by atoms with Crippen molar-refractivity contribution in [1.82, 2.24) is 0 Å². The fourth-order valence-electron chi connectivity index (χ4n) is 1.15. The van der Waals surface area contributed by atoms with E-state index >= 15 is 0 Å². The summed E-state index contributed by atoms with van der Waals surface area (Å²) < 4.78 is 0. The molecule has 0 fully saturated rings. The van der Waals surface area contributed by atoms with Crippen molar-refractivity contribution in [2.75, 3.05) is 0 Å². The standard InChI is InChI=1S/C10H16O4/c1-8(12)6-10(14)7-9(13)4-2-3-5-11/h5,10,14H,2-4,6-7H2,1H3. The van der Waals surface area contributed by atoms with Gasteiger partial charge in [-0.05, 0) is 13.3 Å². The molecule has 4 heteroatoms. The van der Waals surface area contributed by atoms with Crippen LogP contribution in [0.25, 0.3) is 0 Å². The third-order valence-electron chi connectivity index (χ3n) is 1.76. The molecule has 0 bridgehead atoms. The molecule has 1 atom stereocenters. The predicted octanol–water partition coefficient (Wildman–Crippen LogP) is 0.655. The number of hydrogen-bond donors (Lipinski definition) is 1. The van der Waals surface area contributed by atoms with Crippen LogP contribution in [0.15, 0.2) is 0 Å². The molecule has 0 radical (unpaired) electrons. The van der Waals surface area contributed by atoms with Crippen molar-refractivity contribution >= 4 is 17.9 Å². The first-order chi connectivity index (χ1) is 6.56. The molecule has 0 aliphatic carbocycles. The summed E-state index contributed by atoms with van der Waals surface area (Å²) in [6.45, 7) is 1.38. The molecule has 0 amide bonds. The lowest BCUT2D eigenvalue weighted by Gasteiger charge is -2.06. The lowest BCUT2D eigenvalue weighted by molar-refractivity contribution is -0.122. The molecule has 1 N–H and O–H groups in total. The molecule has 80 valence electrons. The minimum absolute atomic E-state index is 0.0123. The summed E-state index contributed by atoms with van der Waals surface area (Å²) >= 11 is 0. The number of ketones is 2. The highest BCUT2D eigenvalue weighted by Gasteiger charge is 2.12. The van der Waals surface area contributed by atoms with Gasteiger partial charge in [-0.3, -0.25) is 9.59 Å². The molecule has 1 unspecified atom stereocenters. The summed E-state index contributed by atoms with van der Waals surface area (Å²) in [6.07, 6.45) is 1.13. The van der Waals surface area contributed by atoms with Crippen molar-refractivity contribution in [2.45, 2.75) is 45.1 Å². The number of rotatable bonds is 8. The number of Topliss-reactive ketones (excluding diaryl/α,β-unsaturated/α-hetero) is 2. The van der Waals surface area contributed by atoms with E-state index in [-0.39, 0.29) is 24.4 Å². The van der Waals surface area contributed by atoms with Gasteiger partial charge in [0.25, 0.3) is 0 Å². The minimum Gasteiger partial charge on any atom is -0.392 e. The average Bonchev–Trinajstić information content (AvgIpc) is 2.02. The van der Waals surface area contributed by atoms with Crippen LogP contribution in [-0.2, 0) is 14.4 Å². The quantitative estimate of drug-likeness (QED) is 0.461. The number of aliphatic hydroxyl groups excluding tert-OH is 1. The van der Waals surface area contributed by atoms with Gasteiger partial charge in [-0.15, -0.1) is 0 Å². The lowest BCUT2D eigenvalue weighted by Crippen LogP contribution is -2.16. The van der Waals surface area contributed by atoms with Crippen LogP contribution in [0, 0.1) is 0 Å². The van der Waals surface area contributed by atoms with Crippen LogP contribution in [0.4, 0.5) is 0 Å². The molecule has 0 aromatic rings. The van der Waals surface area contributed by atoms with E-state index in [4.69, 9.17) is 0 Å². The highest BCUT2D eigenvalue weighted by atomic mass is 16.3. The van der Waals surface area contributed by atoms with Crippen molar-refractivity contribution in [2.24, 2.45) is 0 Å². The first-order valence-electron chi connectivity index (χ1n) is 4.69. The maximum Gasteiger partial charge on any atom is 0.135 e. The first kappa shape index (κ1) is 13.0. The zero-order valence-corrected chi connectivity index (χ0v) is 8.36. The Morgan fingerprint density at radius 1 is 1.36 bits per heavy atom. The van der Waals surface area contributed by atoms with Crippen LogP contribution < -0.4 is 0 Å². The smallest absolute Gasteiger partial charge is 0.135 e. The molecular formula is C10H16O4. The van der Waals surface area contributed by atoms with Crippen molar-refractivity contribution < 1.29 is 19.5 Å². The van der Waals surface area contributed by atoms with E-state index in [1.165, 1.54) is 6.92 Å². The van der Waals surface area contributed by atoms with Gasteiger partial charge in [0.2, 0.25) is 0 Å². The summed E-state index contributed by atoms with van der Waals surface area (Å²) in [5.41, 5.74) is 0. The summed E-state index contributed by atoms with van der Waals surface area (Å²) in [5.74, 6) is -0.223. The third kappa shape index (κ3) is 7.61. The highest BCUT2D eigenvalue weighted by Crippen LogP contribution is 2.04. The second kappa shape index (κ2) is 7.38. The Labute approximate surface area is 83.3 Å². The number of aldehydes is 1. The largest absolute Gasteiger partial charge is 0.392 e. The summed E-state index contributed by atoms with van der Waals surface area (Å²) in [7, 11) is 0. The van der Waals surface area contributed by atoms with Crippen molar-refractivity contribution in [3.63, 3.8) is 0 Å². The Bertz CT molecular complexity index is 210. The number of aliphatic hydroxyl groups is 1. The first-order valence-corrected chi connectivity index (χ1v) is 4.69. The van der Waals surface area contributed by atoms with Gasteiger partial charge < -0.3 is 9.90 Å². The molecule has 14 heavy (non-hydrogen) atoms. The van der Waals surface area contributed by atoms with E-state index in [1.807, 2.05) is 0 Å². The van der Waals surface area contributed by atoms with E-state index in [1.54, 1.807) is 0 Å². The Morgan fingerprint density at radius 2 is 2.00 bits per heavy atom. The van der Waals surface area contributed by atoms with E-state index in [9.17, 15) is 19.5 Å². The van der Waals surface area contributed by atoms with Crippen LogP contribution in [0.1, 0.15) is 39.0 Å². The zero-order chi connectivity index (χ0) is 11.0. The molecule has 0 aliphatic heterocycles. The topological polar surface area (TPSA) is 71.4 Å². The van der Waals surface area contributed by atoms with Crippen LogP contribution in [0.2, 0.25) is 0 Å². The van der Waals surface area contributed by atoms with Crippen LogP contribution >= 0.6 is 0 Å².